The highest BCUT2D eigenvalue weighted by Crippen LogP contribution is 2.32. The first-order valence-electron chi connectivity index (χ1n) is 3.63. The van der Waals surface area contributed by atoms with Gasteiger partial charge in [0.05, 0.1) is 13.2 Å². The molecule has 0 aromatic carbocycles. The molecule has 0 aromatic rings. The van der Waals surface area contributed by atoms with Gasteiger partial charge in [-0.05, 0) is 0 Å². The lowest BCUT2D eigenvalue weighted by Gasteiger charge is -2.23. The molecule has 2 rings (SSSR count). The second-order valence-corrected chi connectivity index (χ2v) is 3.45. The predicted molar refractivity (Wildman–Crippen MR) is 38.7 cm³/mol. The summed E-state index contributed by atoms with van der Waals surface area (Å²) in [6.07, 6.45) is 2.17. The molecule has 10 heavy (non-hydrogen) atoms. The van der Waals surface area contributed by atoms with Crippen LogP contribution in [0.15, 0.2) is 5.10 Å². The van der Waals surface area contributed by atoms with Crippen LogP contribution in [0.2, 0.25) is 0 Å². The van der Waals surface area contributed by atoms with Crippen molar-refractivity contribution in [1.29, 1.82) is 0 Å². The Bertz CT molecular complexity index is 176. The second-order valence-electron chi connectivity index (χ2n) is 3.45. The van der Waals surface area contributed by atoms with E-state index < -0.39 is 0 Å². The first-order valence-corrected chi connectivity index (χ1v) is 3.63. The quantitative estimate of drug-likeness (QED) is 0.494. The van der Waals surface area contributed by atoms with Gasteiger partial charge in [0.15, 0.2) is 6.23 Å². The van der Waals surface area contributed by atoms with E-state index in [1.807, 2.05) is 11.2 Å². The fourth-order valence-electron chi connectivity index (χ4n) is 1.47. The standard InChI is InChI=1S/C7H12N2O/c1-7(2)5-8-9-3-4-10-6(7)9/h5-6H,3-4H2,1-2H3. The van der Waals surface area contributed by atoms with Crippen molar-refractivity contribution in [2.75, 3.05) is 13.2 Å². The van der Waals surface area contributed by atoms with Gasteiger partial charge in [0.2, 0.25) is 0 Å². The minimum absolute atomic E-state index is 0.108. The van der Waals surface area contributed by atoms with E-state index in [-0.39, 0.29) is 11.6 Å². The van der Waals surface area contributed by atoms with Crippen molar-refractivity contribution >= 4 is 6.21 Å². The molecule has 0 saturated carbocycles. The molecule has 0 N–H and O–H groups in total. The Morgan fingerprint density at radius 3 is 3.20 bits per heavy atom. The molecule has 0 bridgehead atoms. The highest BCUT2D eigenvalue weighted by atomic mass is 16.5. The van der Waals surface area contributed by atoms with Gasteiger partial charge in [-0.1, -0.05) is 13.8 Å². The Hall–Kier alpha value is -0.570. The zero-order valence-electron chi connectivity index (χ0n) is 6.37. The third-order valence-corrected chi connectivity index (χ3v) is 2.04. The number of ether oxygens (including phenoxy) is 1. The summed E-state index contributed by atoms with van der Waals surface area (Å²) in [5.41, 5.74) is 0.108. The Kier molecular flexibility index (Phi) is 1.06. The van der Waals surface area contributed by atoms with Crippen LogP contribution in [0.3, 0.4) is 0 Å². The highest BCUT2D eigenvalue weighted by molar-refractivity contribution is 5.67. The van der Waals surface area contributed by atoms with Crippen LogP contribution in [-0.4, -0.2) is 30.6 Å². The smallest absolute Gasteiger partial charge is 0.155 e. The van der Waals surface area contributed by atoms with Crippen molar-refractivity contribution in [1.82, 2.24) is 5.01 Å². The zero-order valence-corrected chi connectivity index (χ0v) is 6.37. The van der Waals surface area contributed by atoms with E-state index in [2.05, 4.69) is 18.9 Å². The van der Waals surface area contributed by atoms with Gasteiger partial charge in [-0.15, -0.1) is 0 Å². The van der Waals surface area contributed by atoms with Gasteiger partial charge in [0, 0.05) is 11.6 Å². The van der Waals surface area contributed by atoms with Gasteiger partial charge in [0.25, 0.3) is 0 Å². The first kappa shape index (κ1) is 6.16. The molecule has 1 atom stereocenters. The van der Waals surface area contributed by atoms with Gasteiger partial charge >= 0.3 is 0 Å². The lowest BCUT2D eigenvalue weighted by Crippen LogP contribution is -2.33. The van der Waals surface area contributed by atoms with Gasteiger partial charge in [0.1, 0.15) is 0 Å². The molecule has 56 valence electrons. The van der Waals surface area contributed by atoms with Crippen molar-refractivity contribution in [3.63, 3.8) is 0 Å². The van der Waals surface area contributed by atoms with Gasteiger partial charge < -0.3 is 4.74 Å². The van der Waals surface area contributed by atoms with E-state index in [1.54, 1.807) is 0 Å². The minimum atomic E-state index is 0.108. The summed E-state index contributed by atoms with van der Waals surface area (Å²) in [4.78, 5) is 0. The van der Waals surface area contributed by atoms with Crippen LogP contribution in [0.4, 0.5) is 0 Å². The molecule has 0 radical (unpaired) electrons. The fourth-order valence-corrected chi connectivity index (χ4v) is 1.47. The average Bonchev–Trinajstić information content (AvgIpc) is 2.36. The van der Waals surface area contributed by atoms with Crippen LogP contribution in [-0.2, 0) is 4.74 Å². The molecule has 3 heteroatoms. The summed E-state index contributed by atoms with van der Waals surface area (Å²) in [5.74, 6) is 0. The predicted octanol–water partition coefficient (Wildman–Crippen LogP) is 0.670. The topological polar surface area (TPSA) is 24.8 Å². The molecule has 3 nitrogen and oxygen atoms in total. The summed E-state index contributed by atoms with van der Waals surface area (Å²) in [5, 5.41) is 6.25. The summed E-state index contributed by atoms with van der Waals surface area (Å²) >= 11 is 0. The molecular weight excluding hydrogens is 128 g/mol. The van der Waals surface area contributed by atoms with E-state index in [9.17, 15) is 0 Å². The summed E-state index contributed by atoms with van der Waals surface area (Å²) in [6, 6.07) is 0. The maximum Gasteiger partial charge on any atom is 0.155 e. The molecule has 1 fully saturated rings. The van der Waals surface area contributed by atoms with Crippen LogP contribution < -0.4 is 0 Å². The first-order chi connectivity index (χ1) is 4.70. The molecule has 2 heterocycles. The Morgan fingerprint density at radius 2 is 2.50 bits per heavy atom. The lowest BCUT2D eigenvalue weighted by atomic mass is 9.94. The maximum atomic E-state index is 5.49. The third kappa shape index (κ3) is 0.669. The minimum Gasteiger partial charge on any atom is -0.354 e. The van der Waals surface area contributed by atoms with Crippen LogP contribution in [0.1, 0.15) is 13.8 Å². The van der Waals surface area contributed by atoms with Gasteiger partial charge in [-0.3, -0.25) is 5.01 Å². The summed E-state index contributed by atoms with van der Waals surface area (Å²) in [6.45, 7) is 6.06. The van der Waals surface area contributed by atoms with Crippen molar-refractivity contribution in [3.05, 3.63) is 0 Å². The number of nitrogens with zero attached hydrogens (tertiary/aromatic N) is 2. The number of hydrogen-bond donors (Lipinski definition) is 0. The summed E-state index contributed by atoms with van der Waals surface area (Å²) in [7, 11) is 0. The van der Waals surface area contributed by atoms with Crippen LogP contribution in [0.5, 0.6) is 0 Å². The van der Waals surface area contributed by atoms with Gasteiger partial charge in [-0.25, -0.2) is 0 Å². The number of hydrazone groups is 1. The SMILES string of the molecule is CC1(C)C=NN2CCOC21. The lowest BCUT2D eigenvalue weighted by molar-refractivity contribution is -0.00588. The Balaban J connectivity index is 2.23. The second kappa shape index (κ2) is 1.72. The molecule has 0 aromatic heterocycles. The van der Waals surface area contributed by atoms with Crippen LogP contribution in [0.25, 0.3) is 0 Å². The van der Waals surface area contributed by atoms with Crippen LogP contribution in [0, 0.1) is 5.41 Å². The van der Waals surface area contributed by atoms with E-state index in [0.717, 1.165) is 13.2 Å². The molecule has 0 aliphatic carbocycles. The molecule has 2 aliphatic rings. The van der Waals surface area contributed by atoms with Crippen molar-refractivity contribution < 1.29 is 4.74 Å². The van der Waals surface area contributed by atoms with Crippen LogP contribution >= 0.6 is 0 Å². The largest absolute Gasteiger partial charge is 0.354 e. The maximum absolute atomic E-state index is 5.49. The van der Waals surface area contributed by atoms with Crippen molar-refractivity contribution in [2.45, 2.75) is 20.1 Å². The van der Waals surface area contributed by atoms with Gasteiger partial charge in [-0.2, -0.15) is 5.10 Å². The Labute approximate surface area is 60.7 Å². The number of hydrogen-bond acceptors (Lipinski definition) is 3. The third-order valence-electron chi connectivity index (χ3n) is 2.04. The van der Waals surface area contributed by atoms with Crippen molar-refractivity contribution in [3.8, 4) is 0 Å². The fraction of sp³-hybridized carbons (Fsp3) is 0.857. The zero-order chi connectivity index (χ0) is 7.19. The van der Waals surface area contributed by atoms with E-state index in [4.69, 9.17) is 4.74 Å². The molecule has 2 aliphatic heterocycles. The molecular formula is C7H12N2O. The van der Waals surface area contributed by atoms with Crippen molar-refractivity contribution in [2.24, 2.45) is 10.5 Å². The molecule has 1 unspecified atom stereocenters. The van der Waals surface area contributed by atoms with E-state index in [0.29, 0.717) is 0 Å². The number of rotatable bonds is 0. The van der Waals surface area contributed by atoms with E-state index in [1.165, 1.54) is 0 Å². The highest BCUT2D eigenvalue weighted by Gasteiger charge is 2.41. The van der Waals surface area contributed by atoms with E-state index >= 15 is 0 Å². The monoisotopic (exact) mass is 140 g/mol. The number of fused-ring (bicyclic) bond motifs is 1. The molecule has 0 amide bonds. The normalized spacial score (nSPS) is 35.0. The summed E-state index contributed by atoms with van der Waals surface area (Å²) < 4.78 is 5.49. The molecule has 0 spiro atoms. The molecule has 1 saturated heterocycles. The average molecular weight is 140 g/mol. The Morgan fingerprint density at radius 1 is 1.70 bits per heavy atom.